The highest BCUT2D eigenvalue weighted by Crippen LogP contribution is 2.28. The quantitative estimate of drug-likeness (QED) is 0.812. The predicted molar refractivity (Wildman–Crippen MR) is 85.9 cm³/mol. The molecule has 1 aliphatic rings. The molecule has 5 nitrogen and oxygen atoms in total. The van der Waals surface area contributed by atoms with Crippen molar-refractivity contribution in [2.45, 2.75) is 6.92 Å². The zero-order chi connectivity index (χ0) is 15.5. The molecular formula is C17H19NO4. The first-order valence-electron chi connectivity index (χ1n) is 7.34. The monoisotopic (exact) mass is 301 g/mol. The maximum atomic E-state index is 12.3. The third-order valence-corrected chi connectivity index (χ3v) is 3.76. The molecule has 0 aliphatic carbocycles. The zero-order valence-electron chi connectivity index (χ0n) is 12.6. The standard InChI is InChI=1S/C17H19NO4/c1-3-8-21-15-5-4-13-14(19)11-16(22-17(13)12(15)2)18-6-9-20-10-7-18/h3-5,11H,1,6-10H2,2H3. The van der Waals surface area contributed by atoms with Gasteiger partial charge >= 0.3 is 0 Å². The fraction of sp³-hybridized carbons (Fsp3) is 0.353. The number of aryl methyl sites for hydroxylation is 1. The van der Waals surface area contributed by atoms with E-state index in [-0.39, 0.29) is 5.43 Å². The molecule has 0 saturated carbocycles. The molecule has 116 valence electrons. The van der Waals surface area contributed by atoms with Crippen molar-refractivity contribution in [3.8, 4) is 5.75 Å². The fourth-order valence-corrected chi connectivity index (χ4v) is 2.57. The number of fused-ring (bicyclic) bond motifs is 1. The van der Waals surface area contributed by atoms with Crippen LogP contribution in [0.1, 0.15) is 5.56 Å². The van der Waals surface area contributed by atoms with Crippen LogP contribution in [0.5, 0.6) is 5.75 Å². The van der Waals surface area contributed by atoms with Gasteiger partial charge in [-0.05, 0) is 19.1 Å². The molecule has 0 unspecified atom stereocenters. The van der Waals surface area contributed by atoms with Crippen molar-refractivity contribution < 1.29 is 13.9 Å². The van der Waals surface area contributed by atoms with Crippen molar-refractivity contribution in [1.29, 1.82) is 0 Å². The van der Waals surface area contributed by atoms with Gasteiger partial charge in [-0.25, -0.2) is 0 Å². The molecule has 0 radical (unpaired) electrons. The summed E-state index contributed by atoms with van der Waals surface area (Å²) >= 11 is 0. The van der Waals surface area contributed by atoms with E-state index in [0.717, 1.165) is 18.7 Å². The van der Waals surface area contributed by atoms with E-state index in [9.17, 15) is 4.79 Å². The third kappa shape index (κ3) is 2.72. The number of ether oxygens (including phenoxy) is 2. The lowest BCUT2D eigenvalue weighted by atomic mass is 10.1. The van der Waals surface area contributed by atoms with E-state index in [1.165, 1.54) is 0 Å². The van der Waals surface area contributed by atoms with Crippen molar-refractivity contribution in [3.63, 3.8) is 0 Å². The minimum absolute atomic E-state index is 0.0406. The van der Waals surface area contributed by atoms with E-state index < -0.39 is 0 Å². The van der Waals surface area contributed by atoms with Gasteiger partial charge in [0.2, 0.25) is 0 Å². The molecule has 1 aromatic heterocycles. The highest BCUT2D eigenvalue weighted by atomic mass is 16.5. The summed E-state index contributed by atoms with van der Waals surface area (Å²) in [4.78, 5) is 14.4. The van der Waals surface area contributed by atoms with Crippen molar-refractivity contribution in [2.75, 3.05) is 37.8 Å². The molecule has 0 spiro atoms. The number of hydrogen-bond acceptors (Lipinski definition) is 5. The van der Waals surface area contributed by atoms with Crippen molar-refractivity contribution in [2.24, 2.45) is 0 Å². The van der Waals surface area contributed by atoms with E-state index in [1.54, 1.807) is 24.3 Å². The van der Waals surface area contributed by atoms with Gasteiger partial charge in [0.25, 0.3) is 0 Å². The van der Waals surface area contributed by atoms with Gasteiger partial charge in [-0.2, -0.15) is 0 Å². The summed E-state index contributed by atoms with van der Waals surface area (Å²) in [6, 6.07) is 5.10. The normalized spacial score (nSPS) is 15.0. The second-order valence-corrected chi connectivity index (χ2v) is 5.21. The lowest BCUT2D eigenvalue weighted by Gasteiger charge is -2.27. The van der Waals surface area contributed by atoms with Gasteiger partial charge in [0.15, 0.2) is 11.3 Å². The number of nitrogens with zero attached hydrogens (tertiary/aromatic N) is 1. The number of morpholine rings is 1. The van der Waals surface area contributed by atoms with Crippen LogP contribution in [0.3, 0.4) is 0 Å². The topological polar surface area (TPSA) is 51.9 Å². The number of rotatable bonds is 4. The Hall–Kier alpha value is -2.27. The van der Waals surface area contributed by atoms with Crippen LogP contribution in [0.4, 0.5) is 5.88 Å². The van der Waals surface area contributed by atoms with Gasteiger partial charge in [-0.1, -0.05) is 12.7 Å². The third-order valence-electron chi connectivity index (χ3n) is 3.76. The van der Waals surface area contributed by atoms with Crippen LogP contribution in [-0.2, 0) is 4.74 Å². The zero-order valence-corrected chi connectivity index (χ0v) is 12.6. The van der Waals surface area contributed by atoms with E-state index in [0.29, 0.717) is 42.4 Å². The van der Waals surface area contributed by atoms with Crippen LogP contribution in [-0.4, -0.2) is 32.9 Å². The minimum atomic E-state index is -0.0406. The Morgan fingerprint density at radius 1 is 1.36 bits per heavy atom. The number of benzene rings is 1. The van der Waals surface area contributed by atoms with Gasteiger partial charge in [0.05, 0.1) is 18.6 Å². The lowest BCUT2D eigenvalue weighted by molar-refractivity contribution is 0.121. The Morgan fingerprint density at radius 2 is 2.14 bits per heavy atom. The first kappa shape index (κ1) is 14.7. The number of anilines is 1. The Morgan fingerprint density at radius 3 is 2.86 bits per heavy atom. The smallest absolute Gasteiger partial charge is 0.200 e. The van der Waals surface area contributed by atoms with Crippen LogP contribution in [0.25, 0.3) is 11.0 Å². The molecule has 1 saturated heterocycles. The van der Waals surface area contributed by atoms with Crippen LogP contribution in [0.15, 0.2) is 40.1 Å². The lowest BCUT2D eigenvalue weighted by Crippen LogP contribution is -2.36. The van der Waals surface area contributed by atoms with E-state index in [1.807, 2.05) is 11.8 Å². The summed E-state index contributed by atoms with van der Waals surface area (Å²) in [6.45, 7) is 8.68. The SMILES string of the molecule is C=CCOc1ccc2c(=O)cc(N3CCOCC3)oc2c1C. The second kappa shape index (κ2) is 6.23. The highest BCUT2D eigenvalue weighted by molar-refractivity contribution is 5.82. The Balaban J connectivity index is 2.07. The van der Waals surface area contributed by atoms with Gasteiger partial charge < -0.3 is 18.8 Å². The molecule has 1 aliphatic heterocycles. The Bertz CT molecular complexity index is 744. The van der Waals surface area contributed by atoms with Crippen molar-refractivity contribution in [3.05, 3.63) is 46.6 Å². The molecule has 1 fully saturated rings. The Kier molecular flexibility index (Phi) is 4.15. The highest BCUT2D eigenvalue weighted by Gasteiger charge is 2.17. The molecule has 1 aromatic carbocycles. The molecule has 0 amide bonds. The minimum Gasteiger partial charge on any atom is -0.489 e. The molecule has 0 bridgehead atoms. The summed E-state index contributed by atoms with van der Waals surface area (Å²) in [5.74, 6) is 1.29. The van der Waals surface area contributed by atoms with Crippen LogP contribution < -0.4 is 15.1 Å². The molecule has 22 heavy (non-hydrogen) atoms. The van der Waals surface area contributed by atoms with Crippen LogP contribution >= 0.6 is 0 Å². The summed E-state index contributed by atoms with van der Waals surface area (Å²) < 4.78 is 16.9. The molecule has 2 heterocycles. The van der Waals surface area contributed by atoms with Gasteiger partial charge in [0, 0.05) is 24.7 Å². The summed E-state index contributed by atoms with van der Waals surface area (Å²) in [5.41, 5.74) is 1.36. The largest absolute Gasteiger partial charge is 0.489 e. The first-order valence-corrected chi connectivity index (χ1v) is 7.34. The number of hydrogen-bond donors (Lipinski definition) is 0. The van der Waals surface area contributed by atoms with Crippen molar-refractivity contribution >= 4 is 16.9 Å². The summed E-state index contributed by atoms with van der Waals surface area (Å²) in [7, 11) is 0. The van der Waals surface area contributed by atoms with Crippen LogP contribution in [0.2, 0.25) is 0 Å². The average Bonchev–Trinajstić information content (AvgIpc) is 2.55. The average molecular weight is 301 g/mol. The molecule has 5 heteroatoms. The van der Waals surface area contributed by atoms with Crippen LogP contribution in [0, 0.1) is 6.92 Å². The predicted octanol–water partition coefficient (Wildman–Crippen LogP) is 2.50. The molecule has 0 N–H and O–H groups in total. The Labute approximate surface area is 128 Å². The maximum Gasteiger partial charge on any atom is 0.200 e. The summed E-state index contributed by atoms with van der Waals surface area (Å²) in [5, 5.41) is 0.570. The van der Waals surface area contributed by atoms with Gasteiger partial charge in [-0.15, -0.1) is 0 Å². The first-order chi connectivity index (χ1) is 10.7. The fourth-order valence-electron chi connectivity index (χ4n) is 2.57. The molecule has 2 aromatic rings. The second-order valence-electron chi connectivity index (χ2n) is 5.21. The summed E-state index contributed by atoms with van der Waals surface area (Å²) in [6.07, 6.45) is 1.68. The van der Waals surface area contributed by atoms with Crippen molar-refractivity contribution in [1.82, 2.24) is 0 Å². The molecular weight excluding hydrogens is 282 g/mol. The molecule has 0 atom stereocenters. The van der Waals surface area contributed by atoms with E-state index in [4.69, 9.17) is 13.9 Å². The van der Waals surface area contributed by atoms with E-state index in [2.05, 4.69) is 6.58 Å². The van der Waals surface area contributed by atoms with Gasteiger partial charge in [-0.3, -0.25) is 4.79 Å². The van der Waals surface area contributed by atoms with E-state index >= 15 is 0 Å². The molecule has 3 rings (SSSR count). The maximum absolute atomic E-state index is 12.3. The van der Waals surface area contributed by atoms with Gasteiger partial charge in [0.1, 0.15) is 17.9 Å².